The Morgan fingerprint density at radius 1 is 1.33 bits per heavy atom. The van der Waals surface area contributed by atoms with Crippen LogP contribution in [0.2, 0.25) is 0 Å². The number of rotatable bonds is 5. The summed E-state index contributed by atoms with van der Waals surface area (Å²) in [6.07, 6.45) is 1.82. The Hall–Kier alpha value is -1.63. The molecule has 1 heterocycles. The molecule has 1 atom stereocenters. The normalized spacial score (nSPS) is 17.8. The molecule has 1 unspecified atom stereocenters. The number of nitrogens with one attached hydrogen (secondary N) is 1. The number of anilines is 2. The largest absolute Gasteiger partial charge is 0.432 e. The van der Waals surface area contributed by atoms with Gasteiger partial charge in [0.25, 0.3) is 0 Å². The summed E-state index contributed by atoms with van der Waals surface area (Å²) in [6.45, 7) is 0.306. The summed E-state index contributed by atoms with van der Waals surface area (Å²) in [6, 6.07) is 2.23. The van der Waals surface area contributed by atoms with Crippen LogP contribution < -0.4 is 15.8 Å². The van der Waals surface area contributed by atoms with Gasteiger partial charge in [-0.1, -0.05) is 0 Å². The van der Waals surface area contributed by atoms with Crippen LogP contribution in [0.15, 0.2) is 12.1 Å². The molecule has 2 rings (SSSR count). The monoisotopic (exact) mass is 304 g/mol. The Labute approximate surface area is 121 Å². The fourth-order valence-electron chi connectivity index (χ4n) is 2.46. The van der Waals surface area contributed by atoms with Crippen molar-refractivity contribution in [2.45, 2.75) is 32.4 Å². The molecule has 1 aliphatic rings. The van der Waals surface area contributed by atoms with Crippen LogP contribution in [-0.4, -0.2) is 25.9 Å². The van der Waals surface area contributed by atoms with E-state index in [0.29, 0.717) is 24.8 Å². The average Bonchev–Trinajstić information content (AvgIpc) is 2.44. The first-order valence-electron chi connectivity index (χ1n) is 6.85. The summed E-state index contributed by atoms with van der Waals surface area (Å²) < 4.78 is 47.4. The third-order valence-electron chi connectivity index (χ3n) is 3.68. The van der Waals surface area contributed by atoms with E-state index in [4.69, 9.17) is 10.5 Å². The van der Waals surface area contributed by atoms with Crippen molar-refractivity contribution in [3.63, 3.8) is 0 Å². The molecular formula is C14H19F3N2O2. The zero-order chi connectivity index (χ0) is 15.4. The molecule has 0 aliphatic carbocycles. The van der Waals surface area contributed by atoms with Crippen molar-refractivity contribution < 1.29 is 22.6 Å². The van der Waals surface area contributed by atoms with Crippen molar-refractivity contribution in [3.05, 3.63) is 17.9 Å². The molecule has 0 aromatic heterocycles. The minimum Gasteiger partial charge on any atom is -0.432 e. The molecule has 1 fully saturated rings. The second-order valence-electron chi connectivity index (χ2n) is 5.13. The molecule has 0 radical (unpaired) electrons. The highest BCUT2D eigenvalue weighted by molar-refractivity contribution is 5.69. The third-order valence-corrected chi connectivity index (χ3v) is 3.68. The smallest absolute Gasteiger partial charge is 0.387 e. The Morgan fingerprint density at radius 2 is 2.00 bits per heavy atom. The highest BCUT2D eigenvalue weighted by Crippen LogP contribution is 2.31. The van der Waals surface area contributed by atoms with Gasteiger partial charge in [0.2, 0.25) is 0 Å². The van der Waals surface area contributed by atoms with E-state index in [1.165, 1.54) is 6.07 Å². The summed E-state index contributed by atoms with van der Waals surface area (Å²) in [5.74, 6) is -1.03. The van der Waals surface area contributed by atoms with Crippen molar-refractivity contribution >= 4 is 11.4 Å². The van der Waals surface area contributed by atoms with Gasteiger partial charge in [0, 0.05) is 31.4 Å². The van der Waals surface area contributed by atoms with E-state index in [9.17, 15) is 13.2 Å². The van der Waals surface area contributed by atoms with Crippen LogP contribution in [0.5, 0.6) is 5.75 Å². The number of benzene rings is 1. The van der Waals surface area contributed by atoms with E-state index in [1.807, 2.05) is 6.92 Å². The van der Waals surface area contributed by atoms with Gasteiger partial charge in [-0.25, -0.2) is 4.39 Å². The van der Waals surface area contributed by atoms with Crippen LogP contribution in [0.1, 0.15) is 19.8 Å². The van der Waals surface area contributed by atoms with Gasteiger partial charge in [-0.2, -0.15) is 8.78 Å². The summed E-state index contributed by atoms with van der Waals surface area (Å²) >= 11 is 0. The summed E-state index contributed by atoms with van der Waals surface area (Å²) in [7, 11) is 0. The van der Waals surface area contributed by atoms with Crippen LogP contribution in [0.25, 0.3) is 0 Å². The second kappa shape index (κ2) is 6.89. The van der Waals surface area contributed by atoms with Crippen molar-refractivity contribution in [1.29, 1.82) is 0 Å². The van der Waals surface area contributed by atoms with E-state index in [2.05, 4.69) is 10.1 Å². The lowest BCUT2D eigenvalue weighted by Gasteiger charge is -2.29. The van der Waals surface area contributed by atoms with Crippen molar-refractivity contribution in [1.82, 2.24) is 0 Å². The zero-order valence-corrected chi connectivity index (χ0v) is 11.7. The fraction of sp³-hybridized carbons (Fsp3) is 0.571. The Bertz CT molecular complexity index is 480. The molecule has 21 heavy (non-hydrogen) atoms. The molecule has 1 saturated heterocycles. The Morgan fingerprint density at radius 3 is 2.62 bits per heavy atom. The molecule has 4 nitrogen and oxygen atoms in total. The molecule has 0 amide bonds. The molecule has 0 bridgehead atoms. The van der Waals surface area contributed by atoms with Gasteiger partial charge in [-0.05, 0) is 25.7 Å². The molecular weight excluding hydrogens is 285 g/mol. The average molecular weight is 304 g/mol. The lowest BCUT2D eigenvalue weighted by molar-refractivity contribution is -0.0521. The first-order chi connectivity index (χ1) is 9.97. The minimum atomic E-state index is -3.08. The predicted molar refractivity (Wildman–Crippen MR) is 74.1 cm³/mol. The number of ether oxygens (including phenoxy) is 2. The standard InChI is InChI=1S/C14H19F3N2O2/c1-8(9-2-4-20-5-3-9)19-12-7-13(21-14(16)17)10(15)6-11(12)18/h6-9,14,19H,2-5,18H2,1H3. The Balaban J connectivity index is 2.10. The quantitative estimate of drug-likeness (QED) is 0.820. The topological polar surface area (TPSA) is 56.5 Å². The van der Waals surface area contributed by atoms with Gasteiger partial charge in [0.15, 0.2) is 11.6 Å². The molecule has 1 aromatic carbocycles. The lowest BCUT2D eigenvalue weighted by atomic mass is 9.92. The highest BCUT2D eigenvalue weighted by Gasteiger charge is 2.22. The maximum atomic E-state index is 13.5. The van der Waals surface area contributed by atoms with E-state index in [1.54, 1.807) is 0 Å². The SMILES string of the molecule is CC(Nc1cc(OC(F)F)c(F)cc1N)C1CCOCC1. The molecule has 1 aliphatic heterocycles. The summed E-state index contributed by atoms with van der Waals surface area (Å²) in [4.78, 5) is 0. The van der Waals surface area contributed by atoms with Gasteiger partial charge in [0.1, 0.15) is 0 Å². The van der Waals surface area contributed by atoms with Gasteiger partial charge in [-0.3, -0.25) is 0 Å². The highest BCUT2D eigenvalue weighted by atomic mass is 19.3. The van der Waals surface area contributed by atoms with Crippen LogP contribution >= 0.6 is 0 Å². The molecule has 0 spiro atoms. The number of hydrogen-bond donors (Lipinski definition) is 2. The second-order valence-corrected chi connectivity index (χ2v) is 5.13. The number of hydrogen-bond acceptors (Lipinski definition) is 4. The fourth-order valence-corrected chi connectivity index (χ4v) is 2.46. The van der Waals surface area contributed by atoms with Gasteiger partial charge in [-0.15, -0.1) is 0 Å². The molecule has 1 aromatic rings. The molecule has 118 valence electrons. The lowest BCUT2D eigenvalue weighted by Crippen LogP contribution is -2.31. The van der Waals surface area contributed by atoms with Crippen molar-refractivity contribution in [3.8, 4) is 5.75 Å². The van der Waals surface area contributed by atoms with Crippen LogP contribution in [0.4, 0.5) is 24.5 Å². The van der Waals surface area contributed by atoms with Crippen LogP contribution in [0, 0.1) is 11.7 Å². The molecule has 7 heteroatoms. The number of nitrogen functional groups attached to an aromatic ring is 1. The van der Waals surface area contributed by atoms with Gasteiger partial charge >= 0.3 is 6.61 Å². The van der Waals surface area contributed by atoms with E-state index in [0.717, 1.165) is 18.9 Å². The third kappa shape index (κ3) is 4.17. The van der Waals surface area contributed by atoms with Crippen molar-refractivity contribution in [2.24, 2.45) is 5.92 Å². The summed E-state index contributed by atoms with van der Waals surface area (Å²) in [5.41, 5.74) is 6.28. The van der Waals surface area contributed by atoms with E-state index < -0.39 is 18.2 Å². The number of alkyl halides is 2. The van der Waals surface area contributed by atoms with Crippen molar-refractivity contribution in [2.75, 3.05) is 24.3 Å². The first kappa shape index (κ1) is 15.8. The maximum Gasteiger partial charge on any atom is 0.387 e. The number of halogens is 3. The Kier molecular flexibility index (Phi) is 5.17. The number of nitrogens with two attached hydrogens (primary N) is 1. The predicted octanol–water partition coefficient (Wildman–Crippen LogP) is 3.24. The zero-order valence-electron chi connectivity index (χ0n) is 11.7. The molecule has 3 N–H and O–H groups in total. The van der Waals surface area contributed by atoms with Crippen LogP contribution in [0.3, 0.4) is 0 Å². The maximum absolute atomic E-state index is 13.5. The molecule has 0 saturated carbocycles. The van der Waals surface area contributed by atoms with E-state index in [-0.39, 0.29) is 11.7 Å². The van der Waals surface area contributed by atoms with Crippen LogP contribution in [-0.2, 0) is 4.74 Å². The first-order valence-corrected chi connectivity index (χ1v) is 6.85. The summed E-state index contributed by atoms with van der Waals surface area (Å²) in [5, 5.41) is 3.15. The van der Waals surface area contributed by atoms with Gasteiger partial charge in [0.05, 0.1) is 11.4 Å². The van der Waals surface area contributed by atoms with Gasteiger partial charge < -0.3 is 20.5 Å². The van der Waals surface area contributed by atoms with E-state index >= 15 is 0 Å². The minimum absolute atomic E-state index is 0.0704.